The molecule has 1 amide bonds. The molecule has 1 aromatic heterocycles. The van der Waals surface area contributed by atoms with Crippen molar-refractivity contribution in [1.82, 2.24) is 15.2 Å². The van der Waals surface area contributed by atoms with Gasteiger partial charge < -0.3 is 25.4 Å². The van der Waals surface area contributed by atoms with E-state index in [9.17, 15) is 20.1 Å². The number of aliphatic hydroxyl groups excluding tert-OH is 3. The van der Waals surface area contributed by atoms with Gasteiger partial charge in [-0.3, -0.25) is 14.7 Å². The van der Waals surface area contributed by atoms with Gasteiger partial charge in [-0.15, -0.1) is 0 Å². The lowest BCUT2D eigenvalue weighted by molar-refractivity contribution is 0.0401. The Morgan fingerprint density at radius 1 is 1.00 bits per heavy atom. The minimum absolute atomic E-state index is 0.0895. The lowest BCUT2D eigenvalue weighted by atomic mass is 9.85. The average Bonchev–Trinajstić information content (AvgIpc) is 3.19. The molecule has 1 aliphatic heterocycles. The second-order valence-electron chi connectivity index (χ2n) is 10.3. The lowest BCUT2D eigenvalue weighted by Gasteiger charge is -2.37. The van der Waals surface area contributed by atoms with Crippen molar-refractivity contribution in [1.29, 1.82) is 0 Å². The molecule has 5 rings (SSSR count). The Morgan fingerprint density at radius 3 is 2.51 bits per heavy atom. The summed E-state index contributed by atoms with van der Waals surface area (Å²) in [5, 5.41) is 34.7. The Hall–Kier alpha value is -3.30. The molecule has 4 N–H and O–H groups in total. The van der Waals surface area contributed by atoms with E-state index >= 15 is 0 Å². The fraction of sp³-hybridized carbons (Fsp3) is 0.379. The zero-order chi connectivity index (χ0) is 25.8. The van der Waals surface area contributed by atoms with Crippen molar-refractivity contribution in [3.05, 3.63) is 84.2 Å². The molecule has 0 radical (unpaired) electrons. The first-order valence-electron chi connectivity index (χ1n) is 12.7. The first kappa shape index (κ1) is 25.4. The monoisotopic (exact) mass is 503 g/mol. The molecule has 8 heteroatoms. The van der Waals surface area contributed by atoms with Crippen LogP contribution in [0.3, 0.4) is 0 Å². The number of aromatic nitrogens is 1. The molecule has 37 heavy (non-hydrogen) atoms. The largest absolute Gasteiger partial charge is 0.492 e. The van der Waals surface area contributed by atoms with E-state index < -0.39 is 23.7 Å². The molecule has 2 heterocycles. The smallest absolute Gasteiger partial charge is 0.255 e. The zero-order valence-corrected chi connectivity index (χ0v) is 20.7. The molecule has 8 nitrogen and oxygen atoms in total. The number of pyridine rings is 1. The van der Waals surface area contributed by atoms with Crippen molar-refractivity contribution >= 4 is 5.91 Å². The first-order valence-corrected chi connectivity index (χ1v) is 12.7. The maximum atomic E-state index is 13.1. The fourth-order valence-corrected chi connectivity index (χ4v) is 5.48. The van der Waals surface area contributed by atoms with Crippen molar-refractivity contribution in [2.24, 2.45) is 5.41 Å². The third-order valence-corrected chi connectivity index (χ3v) is 7.26. The van der Waals surface area contributed by atoms with Crippen molar-refractivity contribution < 1.29 is 24.9 Å². The van der Waals surface area contributed by atoms with Crippen LogP contribution in [0, 0.1) is 5.41 Å². The Bertz CT molecular complexity index is 1200. The molecule has 1 saturated carbocycles. The van der Waals surface area contributed by atoms with Crippen LogP contribution >= 0.6 is 0 Å². The summed E-state index contributed by atoms with van der Waals surface area (Å²) in [6.45, 7) is 1.72. The first-order chi connectivity index (χ1) is 17.9. The highest BCUT2D eigenvalue weighted by molar-refractivity contribution is 5.97. The molecule has 2 aliphatic rings. The Kier molecular flexibility index (Phi) is 7.53. The molecule has 1 unspecified atom stereocenters. The number of hydrogen-bond donors (Lipinski definition) is 4. The summed E-state index contributed by atoms with van der Waals surface area (Å²) in [5.41, 5.74) is 2.65. The third kappa shape index (κ3) is 5.99. The number of β-amino-alcohol motifs (C(OH)–C–C–N with tert-alkyl or cyclic N) is 1. The van der Waals surface area contributed by atoms with Gasteiger partial charge in [0.25, 0.3) is 5.91 Å². The molecule has 1 fully saturated rings. The third-order valence-electron chi connectivity index (χ3n) is 7.26. The number of aliphatic hydroxyl groups is 3. The average molecular weight is 504 g/mol. The molecule has 4 atom stereocenters. The molecular formula is C29H33N3O5. The molecule has 2 aromatic carbocycles. The van der Waals surface area contributed by atoms with Crippen LogP contribution in [0.2, 0.25) is 0 Å². The van der Waals surface area contributed by atoms with E-state index in [0.29, 0.717) is 43.8 Å². The van der Waals surface area contributed by atoms with Crippen molar-refractivity contribution in [2.75, 3.05) is 26.2 Å². The second-order valence-corrected chi connectivity index (χ2v) is 10.3. The number of carbonyl (C=O) groups is 1. The van der Waals surface area contributed by atoms with Crippen LogP contribution in [0.25, 0.3) is 11.1 Å². The summed E-state index contributed by atoms with van der Waals surface area (Å²) in [6, 6.07) is 19.1. The minimum Gasteiger partial charge on any atom is -0.492 e. The van der Waals surface area contributed by atoms with E-state index in [1.54, 1.807) is 18.5 Å². The van der Waals surface area contributed by atoms with E-state index in [2.05, 4.69) is 15.2 Å². The van der Waals surface area contributed by atoms with Crippen LogP contribution in [0.5, 0.6) is 5.75 Å². The predicted octanol–water partition coefficient (Wildman–Crippen LogP) is 2.24. The number of rotatable bonds is 3. The Balaban J connectivity index is 1.49. The van der Waals surface area contributed by atoms with Gasteiger partial charge in [0.2, 0.25) is 0 Å². The van der Waals surface area contributed by atoms with Gasteiger partial charge in [0.15, 0.2) is 0 Å². The molecule has 1 spiro atoms. The van der Waals surface area contributed by atoms with E-state index in [0.717, 1.165) is 16.7 Å². The van der Waals surface area contributed by atoms with Gasteiger partial charge >= 0.3 is 0 Å². The number of carbonyl (C=O) groups excluding carboxylic acids is 1. The van der Waals surface area contributed by atoms with Crippen molar-refractivity contribution in [3.8, 4) is 16.9 Å². The molecule has 3 aromatic rings. The van der Waals surface area contributed by atoms with Gasteiger partial charge in [-0.1, -0.05) is 42.5 Å². The van der Waals surface area contributed by atoms with Gasteiger partial charge in [-0.25, -0.2) is 0 Å². The van der Waals surface area contributed by atoms with Gasteiger partial charge in [0.1, 0.15) is 5.75 Å². The predicted molar refractivity (Wildman–Crippen MR) is 139 cm³/mol. The van der Waals surface area contributed by atoms with Crippen LogP contribution in [0.4, 0.5) is 0 Å². The molecule has 0 saturated heterocycles. The maximum Gasteiger partial charge on any atom is 0.255 e. The second kappa shape index (κ2) is 11.0. The van der Waals surface area contributed by atoms with E-state index in [-0.39, 0.29) is 19.1 Å². The standard InChI is InChI=1S/C29H33N3O5/c33-23-15-31-28(36)24-9-8-21(22-7-4-10-30-14-22)11-27(24)37-19-29(12-25(34)26(35)13-29)18-32(17-23)16-20-5-2-1-3-6-20/h1-11,14,23,25-26,33-35H,12-13,15-19H2,(H,31,36)/t23-,25-,26+,29?/m0/s1. The summed E-state index contributed by atoms with van der Waals surface area (Å²) in [5.74, 6) is 0.0845. The Morgan fingerprint density at radius 2 is 1.78 bits per heavy atom. The summed E-state index contributed by atoms with van der Waals surface area (Å²) >= 11 is 0. The van der Waals surface area contributed by atoms with Gasteiger partial charge in [-0.2, -0.15) is 0 Å². The lowest BCUT2D eigenvalue weighted by Crippen LogP contribution is -2.46. The highest BCUT2D eigenvalue weighted by atomic mass is 16.5. The molecule has 0 bridgehead atoms. The van der Waals surface area contributed by atoms with Crippen LogP contribution < -0.4 is 10.1 Å². The van der Waals surface area contributed by atoms with E-state index in [1.165, 1.54) is 0 Å². The van der Waals surface area contributed by atoms with Crippen LogP contribution in [-0.4, -0.2) is 75.7 Å². The highest BCUT2D eigenvalue weighted by Crippen LogP contribution is 2.41. The summed E-state index contributed by atoms with van der Waals surface area (Å²) < 4.78 is 6.36. The highest BCUT2D eigenvalue weighted by Gasteiger charge is 2.46. The van der Waals surface area contributed by atoms with Crippen LogP contribution in [-0.2, 0) is 6.54 Å². The molecular weight excluding hydrogens is 470 g/mol. The number of hydrogen-bond acceptors (Lipinski definition) is 7. The molecule has 194 valence electrons. The van der Waals surface area contributed by atoms with Crippen molar-refractivity contribution in [3.63, 3.8) is 0 Å². The van der Waals surface area contributed by atoms with Crippen molar-refractivity contribution in [2.45, 2.75) is 37.7 Å². The SMILES string of the molecule is O=C1NC[C@H](O)CN(Cc2ccccc2)CC2(COc3cc(-c4cccnc4)ccc31)C[C@@H](O)[C@@H](O)C2. The number of fused-ring (bicyclic) bond motifs is 1. The van der Waals surface area contributed by atoms with E-state index in [4.69, 9.17) is 4.74 Å². The number of benzene rings is 2. The molecule has 1 aliphatic carbocycles. The van der Waals surface area contributed by atoms with Gasteiger partial charge in [-0.05, 0) is 42.2 Å². The summed E-state index contributed by atoms with van der Waals surface area (Å²) in [7, 11) is 0. The topological polar surface area (TPSA) is 115 Å². The van der Waals surface area contributed by atoms with Crippen LogP contribution in [0.15, 0.2) is 73.1 Å². The van der Waals surface area contributed by atoms with E-state index in [1.807, 2.05) is 54.6 Å². The summed E-state index contributed by atoms with van der Waals surface area (Å²) in [6.07, 6.45) is 1.67. The Labute approximate surface area is 216 Å². The van der Waals surface area contributed by atoms with Gasteiger partial charge in [0.05, 0.1) is 30.5 Å². The number of nitrogens with one attached hydrogen (secondary N) is 1. The minimum atomic E-state index is -0.857. The maximum absolute atomic E-state index is 13.1. The van der Waals surface area contributed by atoms with Gasteiger partial charge in [0, 0.05) is 49.6 Å². The number of nitrogens with zero attached hydrogens (tertiary/aromatic N) is 2. The summed E-state index contributed by atoms with van der Waals surface area (Å²) in [4.78, 5) is 19.4. The van der Waals surface area contributed by atoms with Crippen LogP contribution in [0.1, 0.15) is 28.8 Å². The normalized spacial score (nSPS) is 27.0. The zero-order valence-electron chi connectivity index (χ0n) is 20.7. The number of amides is 1. The number of ether oxygens (including phenoxy) is 1. The quantitative estimate of drug-likeness (QED) is 0.433. The fourth-order valence-electron chi connectivity index (χ4n) is 5.48.